The Balaban J connectivity index is 4.18. The second kappa shape index (κ2) is 5.22. The van der Waals surface area contributed by atoms with Gasteiger partial charge >= 0.3 is 0 Å². The number of hydrogen-bond acceptors (Lipinski definition) is 2. The minimum atomic E-state index is -0.349. The molecule has 0 aliphatic heterocycles. The SMILES string of the molecule is CN(C(=O)CCl)N(C)C(=O)CCl. The predicted octanol–water partition coefficient (Wildman–Crippen LogP) is 0.296. The van der Waals surface area contributed by atoms with Crippen molar-refractivity contribution in [3.05, 3.63) is 0 Å². The fourth-order valence-corrected chi connectivity index (χ4v) is 0.854. The summed E-state index contributed by atoms with van der Waals surface area (Å²) >= 11 is 10.6. The summed E-state index contributed by atoms with van der Waals surface area (Å²) in [5, 5.41) is 2.25. The Morgan fingerprint density at radius 3 is 1.42 bits per heavy atom. The molecule has 0 aliphatic rings. The summed E-state index contributed by atoms with van der Waals surface area (Å²) < 4.78 is 0. The first-order valence-electron chi connectivity index (χ1n) is 3.19. The van der Waals surface area contributed by atoms with E-state index in [1.54, 1.807) is 0 Å². The lowest BCUT2D eigenvalue weighted by molar-refractivity contribution is -0.154. The maximum atomic E-state index is 10.9. The van der Waals surface area contributed by atoms with Crippen molar-refractivity contribution in [1.29, 1.82) is 0 Å². The summed E-state index contributed by atoms with van der Waals surface area (Å²) in [6.07, 6.45) is 0. The summed E-state index contributed by atoms with van der Waals surface area (Å²) in [5.41, 5.74) is 0. The lowest BCUT2D eigenvalue weighted by Gasteiger charge is -2.26. The van der Waals surface area contributed by atoms with E-state index in [1.807, 2.05) is 0 Å². The minimum absolute atomic E-state index is 0.156. The van der Waals surface area contributed by atoms with E-state index in [4.69, 9.17) is 23.2 Å². The van der Waals surface area contributed by atoms with Crippen molar-refractivity contribution in [3.63, 3.8) is 0 Å². The smallest absolute Gasteiger partial charge is 0.255 e. The highest BCUT2D eigenvalue weighted by atomic mass is 35.5. The Kier molecular flexibility index (Phi) is 5.01. The number of halogens is 2. The highest BCUT2D eigenvalue weighted by Gasteiger charge is 2.16. The molecule has 70 valence electrons. The second-order valence-corrected chi connectivity index (χ2v) is 2.64. The van der Waals surface area contributed by atoms with Gasteiger partial charge in [-0.3, -0.25) is 19.6 Å². The quantitative estimate of drug-likeness (QED) is 0.488. The molecule has 0 bridgehead atoms. The fraction of sp³-hybridized carbons (Fsp3) is 0.667. The summed E-state index contributed by atoms with van der Waals surface area (Å²) in [6, 6.07) is 0. The molecule has 6 heteroatoms. The van der Waals surface area contributed by atoms with E-state index in [-0.39, 0.29) is 23.6 Å². The van der Waals surface area contributed by atoms with E-state index >= 15 is 0 Å². The van der Waals surface area contributed by atoms with Crippen molar-refractivity contribution in [2.75, 3.05) is 25.9 Å². The van der Waals surface area contributed by atoms with Crippen LogP contribution in [-0.2, 0) is 9.59 Å². The van der Waals surface area contributed by atoms with Crippen molar-refractivity contribution >= 4 is 35.0 Å². The van der Waals surface area contributed by atoms with Crippen molar-refractivity contribution < 1.29 is 9.59 Å². The Bertz CT molecular complexity index is 166. The average molecular weight is 213 g/mol. The minimum Gasteiger partial charge on any atom is -0.272 e. The number of hydrogen-bond donors (Lipinski definition) is 0. The van der Waals surface area contributed by atoms with Crippen LogP contribution in [0.1, 0.15) is 0 Å². The van der Waals surface area contributed by atoms with Gasteiger partial charge in [-0.25, -0.2) is 0 Å². The third kappa shape index (κ3) is 2.87. The molecule has 0 radical (unpaired) electrons. The number of amides is 2. The van der Waals surface area contributed by atoms with Crippen LogP contribution in [0, 0.1) is 0 Å². The first kappa shape index (κ1) is 11.5. The zero-order valence-corrected chi connectivity index (χ0v) is 8.39. The highest BCUT2D eigenvalue weighted by Crippen LogP contribution is 1.95. The highest BCUT2D eigenvalue weighted by molar-refractivity contribution is 6.28. The number of rotatable bonds is 2. The van der Waals surface area contributed by atoms with Gasteiger partial charge in [0.15, 0.2) is 0 Å². The van der Waals surface area contributed by atoms with E-state index < -0.39 is 0 Å². The molecule has 4 nitrogen and oxygen atoms in total. The van der Waals surface area contributed by atoms with Crippen LogP contribution >= 0.6 is 23.2 Å². The molecule has 0 spiro atoms. The molecule has 0 N–H and O–H groups in total. The molecular weight excluding hydrogens is 203 g/mol. The maximum Gasteiger partial charge on any atom is 0.255 e. The van der Waals surface area contributed by atoms with Crippen LogP contribution in [0.3, 0.4) is 0 Å². The molecule has 0 unspecified atom stereocenters. The number of hydrazine groups is 1. The molecule has 0 saturated heterocycles. The van der Waals surface area contributed by atoms with E-state index in [1.165, 1.54) is 14.1 Å². The normalized spacial score (nSPS) is 9.33. The molecule has 0 aromatic rings. The third-order valence-corrected chi connectivity index (χ3v) is 1.86. The maximum absolute atomic E-state index is 10.9. The second-order valence-electron chi connectivity index (χ2n) is 2.10. The summed E-state index contributed by atoms with van der Waals surface area (Å²) in [5.74, 6) is -1.01. The molecule has 0 rings (SSSR count). The Morgan fingerprint density at radius 2 is 1.25 bits per heavy atom. The molecular formula is C6H10Cl2N2O2. The number of nitrogens with zero attached hydrogens (tertiary/aromatic N) is 2. The fourth-order valence-electron chi connectivity index (χ4n) is 0.508. The van der Waals surface area contributed by atoms with Crippen molar-refractivity contribution in [3.8, 4) is 0 Å². The summed E-state index contributed by atoms with van der Waals surface area (Å²) in [6.45, 7) is 0. The van der Waals surface area contributed by atoms with Gasteiger partial charge in [0, 0.05) is 14.1 Å². The zero-order chi connectivity index (χ0) is 9.72. The summed E-state index contributed by atoms with van der Waals surface area (Å²) in [4.78, 5) is 21.9. The number of alkyl halides is 2. The van der Waals surface area contributed by atoms with Crippen LogP contribution in [0.15, 0.2) is 0 Å². The molecule has 2 amide bonds. The third-order valence-electron chi connectivity index (χ3n) is 1.40. The number of carbonyl (C=O) groups excluding carboxylic acids is 2. The van der Waals surface area contributed by atoms with E-state index in [0.717, 1.165) is 10.0 Å². The Labute approximate surface area is 81.0 Å². The molecule has 0 atom stereocenters. The lowest BCUT2D eigenvalue weighted by atomic mass is 10.6. The molecule has 0 heterocycles. The van der Waals surface area contributed by atoms with Crippen molar-refractivity contribution in [1.82, 2.24) is 10.0 Å². The van der Waals surface area contributed by atoms with E-state index in [9.17, 15) is 9.59 Å². The lowest BCUT2D eigenvalue weighted by Crippen LogP contribution is -2.45. The standard InChI is InChI=1S/C6H10Cl2N2O2/c1-9(5(11)3-7)10(2)6(12)4-8/h3-4H2,1-2H3. The van der Waals surface area contributed by atoms with Gasteiger partial charge in [0.1, 0.15) is 11.8 Å². The van der Waals surface area contributed by atoms with Crippen LogP contribution < -0.4 is 0 Å². The van der Waals surface area contributed by atoms with Crippen molar-refractivity contribution in [2.24, 2.45) is 0 Å². The predicted molar refractivity (Wildman–Crippen MR) is 47.0 cm³/mol. The van der Waals surface area contributed by atoms with Crippen LogP contribution in [0.5, 0.6) is 0 Å². The number of carbonyl (C=O) groups is 2. The Hall–Kier alpha value is -0.480. The van der Waals surface area contributed by atoms with E-state index in [0.29, 0.717) is 0 Å². The van der Waals surface area contributed by atoms with Gasteiger partial charge in [-0.1, -0.05) is 0 Å². The first-order valence-corrected chi connectivity index (χ1v) is 4.26. The van der Waals surface area contributed by atoms with Crippen LogP contribution in [0.25, 0.3) is 0 Å². The van der Waals surface area contributed by atoms with Crippen LogP contribution in [0.2, 0.25) is 0 Å². The van der Waals surface area contributed by atoms with Gasteiger partial charge in [0.2, 0.25) is 0 Å². The van der Waals surface area contributed by atoms with Crippen molar-refractivity contribution in [2.45, 2.75) is 0 Å². The van der Waals surface area contributed by atoms with Gasteiger partial charge < -0.3 is 0 Å². The van der Waals surface area contributed by atoms with Gasteiger partial charge in [0.05, 0.1) is 0 Å². The molecule has 0 aromatic heterocycles. The summed E-state index contributed by atoms with van der Waals surface area (Å²) in [7, 11) is 2.91. The molecule has 0 aliphatic carbocycles. The topological polar surface area (TPSA) is 40.6 Å². The van der Waals surface area contributed by atoms with Crippen LogP contribution in [0.4, 0.5) is 0 Å². The van der Waals surface area contributed by atoms with Gasteiger partial charge in [-0.05, 0) is 0 Å². The molecule has 12 heavy (non-hydrogen) atoms. The largest absolute Gasteiger partial charge is 0.272 e. The van der Waals surface area contributed by atoms with Gasteiger partial charge in [-0.2, -0.15) is 0 Å². The molecule has 0 aromatic carbocycles. The van der Waals surface area contributed by atoms with Gasteiger partial charge in [0.25, 0.3) is 11.8 Å². The van der Waals surface area contributed by atoms with Gasteiger partial charge in [-0.15, -0.1) is 23.2 Å². The molecule has 0 saturated carbocycles. The monoisotopic (exact) mass is 212 g/mol. The van der Waals surface area contributed by atoms with Crippen LogP contribution in [-0.4, -0.2) is 47.7 Å². The molecule has 0 fully saturated rings. The first-order chi connectivity index (χ1) is 5.54. The Morgan fingerprint density at radius 1 is 1.00 bits per heavy atom. The average Bonchev–Trinajstić information content (AvgIpc) is 2.12. The zero-order valence-electron chi connectivity index (χ0n) is 6.88. The van der Waals surface area contributed by atoms with E-state index in [2.05, 4.69) is 0 Å².